The van der Waals surface area contributed by atoms with Crippen molar-refractivity contribution in [2.24, 2.45) is 0 Å². The number of phenols is 1. The standard InChI is InChI=1S/C18H18ClN3OS/c1-2-24-10-9-20-17-13-8-7-12(19)11-15(13)21-18(22-17)14-5-3-4-6-16(14)23/h3-8,11,23H,2,9-10H2,1H3,(H,20,21,22). The molecule has 0 fully saturated rings. The van der Waals surface area contributed by atoms with Crippen molar-refractivity contribution < 1.29 is 5.11 Å². The van der Waals surface area contributed by atoms with Crippen molar-refractivity contribution in [1.29, 1.82) is 0 Å². The van der Waals surface area contributed by atoms with Crippen molar-refractivity contribution >= 4 is 40.1 Å². The van der Waals surface area contributed by atoms with Crippen LogP contribution in [0.3, 0.4) is 0 Å². The maximum absolute atomic E-state index is 10.1. The molecule has 0 atom stereocenters. The normalized spacial score (nSPS) is 10.9. The van der Waals surface area contributed by atoms with Crippen molar-refractivity contribution in [3.05, 3.63) is 47.5 Å². The number of phenolic OH excluding ortho intramolecular Hbond substituents is 1. The summed E-state index contributed by atoms with van der Waals surface area (Å²) >= 11 is 7.98. The van der Waals surface area contributed by atoms with E-state index in [1.165, 1.54) is 0 Å². The quantitative estimate of drug-likeness (QED) is 0.618. The Morgan fingerprint density at radius 1 is 1.17 bits per heavy atom. The summed E-state index contributed by atoms with van der Waals surface area (Å²) in [6.45, 7) is 2.95. The summed E-state index contributed by atoms with van der Waals surface area (Å²) in [6.07, 6.45) is 0. The molecule has 3 aromatic rings. The number of nitrogens with zero attached hydrogens (tertiary/aromatic N) is 2. The first-order chi connectivity index (χ1) is 11.7. The molecule has 0 saturated heterocycles. The maximum atomic E-state index is 10.1. The fourth-order valence-corrected chi connectivity index (χ4v) is 3.11. The average molecular weight is 360 g/mol. The molecule has 0 aliphatic carbocycles. The van der Waals surface area contributed by atoms with Crippen LogP contribution in [0.5, 0.6) is 5.75 Å². The first kappa shape index (κ1) is 16.9. The molecule has 2 aromatic carbocycles. The van der Waals surface area contributed by atoms with Gasteiger partial charge < -0.3 is 10.4 Å². The van der Waals surface area contributed by atoms with Crippen LogP contribution in [-0.2, 0) is 0 Å². The van der Waals surface area contributed by atoms with E-state index in [1.54, 1.807) is 18.2 Å². The third-order valence-corrected chi connectivity index (χ3v) is 4.68. The van der Waals surface area contributed by atoms with Gasteiger partial charge in [0.2, 0.25) is 0 Å². The van der Waals surface area contributed by atoms with Crippen LogP contribution in [0.25, 0.3) is 22.3 Å². The molecular formula is C18H18ClN3OS. The molecule has 24 heavy (non-hydrogen) atoms. The summed E-state index contributed by atoms with van der Waals surface area (Å²) in [4.78, 5) is 9.20. The third-order valence-electron chi connectivity index (χ3n) is 3.55. The third kappa shape index (κ3) is 3.74. The van der Waals surface area contributed by atoms with Crippen molar-refractivity contribution in [1.82, 2.24) is 9.97 Å². The minimum absolute atomic E-state index is 0.159. The molecule has 0 radical (unpaired) electrons. The lowest BCUT2D eigenvalue weighted by atomic mass is 10.1. The number of hydrogen-bond acceptors (Lipinski definition) is 5. The molecule has 3 rings (SSSR count). The Bertz CT molecular complexity index is 857. The minimum Gasteiger partial charge on any atom is -0.507 e. The molecule has 0 amide bonds. The van der Waals surface area contributed by atoms with E-state index in [0.717, 1.165) is 34.8 Å². The lowest BCUT2D eigenvalue weighted by Gasteiger charge is -2.11. The molecule has 0 aliphatic heterocycles. The van der Waals surface area contributed by atoms with Gasteiger partial charge in [-0.1, -0.05) is 30.7 Å². The van der Waals surface area contributed by atoms with E-state index in [1.807, 2.05) is 36.0 Å². The van der Waals surface area contributed by atoms with Gasteiger partial charge in [-0.15, -0.1) is 0 Å². The van der Waals surface area contributed by atoms with Gasteiger partial charge in [0, 0.05) is 22.7 Å². The number of nitrogens with one attached hydrogen (secondary N) is 1. The molecule has 124 valence electrons. The van der Waals surface area contributed by atoms with E-state index < -0.39 is 0 Å². The predicted molar refractivity (Wildman–Crippen MR) is 103 cm³/mol. The van der Waals surface area contributed by atoms with Gasteiger partial charge in [0.25, 0.3) is 0 Å². The molecule has 2 N–H and O–H groups in total. The molecule has 6 heteroatoms. The average Bonchev–Trinajstić information content (AvgIpc) is 2.58. The topological polar surface area (TPSA) is 58.0 Å². The van der Waals surface area contributed by atoms with Crippen LogP contribution in [0.15, 0.2) is 42.5 Å². The number of halogens is 1. The fraction of sp³-hybridized carbons (Fsp3) is 0.222. The molecule has 0 saturated carbocycles. The van der Waals surface area contributed by atoms with E-state index in [-0.39, 0.29) is 5.75 Å². The zero-order valence-corrected chi connectivity index (χ0v) is 14.9. The van der Waals surface area contributed by atoms with Gasteiger partial charge >= 0.3 is 0 Å². The molecular weight excluding hydrogens is 342 g/mol. The number of rotatable bonds is 6. The van der Waals surface area contributed by atoms with Crippen LogP contribution in [0.1, 0.15) is 6.92 Å². The Labute approximate surface area is 150 Å². The van der Waals surface area contributed by atoms with Gasteiger partial charge in [0.1, 0.15) is 11.6 Å². The number of para-hydroxylation sites is 1. The Kier molecular flexibility index (Phi) is 5.43. The molecule has 1 heterocycles. The summed E-state index contributed by atoms with van der Waals surface area (Å²) in [5.41, 5.74) is 1.35. The largest absolute Gasteiger partial charge is 0.507 e. The number of thioether (sulfide) groups is 1. The Balaban J connectivity index is 2.05. The zero-order chi connectivity index (χ0) is 16.9. The first-order valence-corrected chi connectivity index (χ1v) is 9.29. The second-order valence-corrected chi connectivity index (χ2v) is 7.03. The van der Waals surface area contributed by atoms with E-state index in [0.29, 0.717) is 16.4 Å². The number of aromatic hydroxyl groups is 1. The highest BCUT2D eigenvalue weighted by molar-refractivity contribution is 7.99. The Morgan fingerprint density at radius 3 is 2.79 bits per heavy atom. The van der Waals surface area contributed by atoms with Gasteiger partial charge in [-0.2, -0.15) is 11.8 Å². The van der Waals surface area contributed by atoms with Crippen molar-refractivity contribution in [2.75, 3.05) is 23.4 Å². The molecule has 0 spiro atoms. The summed E-state index contributed by atoms with van der Waals surface area (Å²) in [5, 5.41) is 15.0. The minimum atomic E-state index is 0.159. The predicted octanol–water partition coefficient (Wildman–Crippen LogP) is 4.82. The van der Waals surface area contributed by atoms with Crippen LogP contribution < -0.4 is 5.32 Å². The first-order valence-electron chi connectivity index (χ1n) is 7.76. The number of hydrogen-bond donors (Lipinski definition) is 2. The fourth-order valence-electron chi connectivity index (χ4n) is 2.41. The van der Waals surface area contributed by atoms with Crippen LogP contribution in [0.4, 0.5) is 5.82 Å². The van der Waals surface area contributed by atoms with Crippen LogP contribution in [0, 0.1) is 0 Å². The SMILES string of the molecule is CCSCCNc1nc(-c2ccccc2O)nc2cc(Cl)ccc12. The second-order valence-electron chi connectivity index (χ2n) is 5.20. The summed E-state index contributed by atoms with van der Waals surface area (Å²) in [7, 11) is 0. The Morgan fingerprint density at radius 2 is 2.00 bits per heavy atom. The maximum Gasteiger partial charge on any atom is 0.165 e. The highest BCUT2D eigenvalue weighted by atomic mass is 35.5. The summed E-state index contributed by atoms with van der Waals surface area (Å²) < 4.78 is 0. The molecule has 0 aliphatic rings. The monoisotopic (exact) mass is 359 g/mol. The van der Waals surface area contributed by atoms with E-state index in [4.69, 9.17) is 11.6 Å². The van der Waals surface area contributed by atoms with Gasteiger partial charge in [-0.05, 0) is 36.1 Å². The van der Waals surface area contributed by atoms with Crippen molar-refractivity contribution in [3.8, 4) is 17.1 Å². The zero-order valence-electron chi connectivity index (χ0n) is 13.3. The smallest absolute Gasteiger partial charge is 0.165 e. The van der Waals surface area contributed by atoms with Crippen LogP contribution in [0.2, 0.25) is 5.02 Å². The molecule has 4 nitrogen and oxygen atoms in total. The lowest BCUT2D eigenvalue weighted by molar-refractivity contribution is 0.477. The summed E-state index contributed by atoms with van der Waals surface area (Å²) in [5.74, 6) is 3.48. The Hall–Kier alpha value is -1.98. The molecule has 0 bridgehead atoms. The van der Waals surface area contributed by atoms with Gasteiger partial charge in [0.15, 0.2) is 5.82 Å². The van der Waals surface area contributed by atoms with Gasteiger partial charge in [0.05, 0.1) is 11.1 Å². The van der Waals surface area contributed by atoms with E-state index in [9.17, 15) is 5.11 Å². The van der Waals surface area contributed by atoms with Crippen LogP contribution in [-0.4, -0.2) is 33.1 Å². The summed E-state index contributed by atoms with van der Waals surface area (Å²) in [6, 6.07) is 12.6. The molecule has 1 aromatic heterocycles. The second kappa shape index (κ2) is 7.73. The number of fused-ring (bicyclic) bond motifs is 1. The lowest BCUT2D eigenvalue weighted by Crippen LogP contribution is -2.08. The molecule has 0 unspecified atom stereocenters. The van der Waals surface area contributed by atoms with Gasteiger partial charge in [-0.3, -0.25) is 0 Å². The number of benzene rings is 2. The van der Waals surface area contributed by atoms with E-state index >= 15 is 0 Å². The van der Waals surface area contributed by atoms with Gasteiger partial charge in [-0.25, -0.2) is 9.97 Å². The van der Waals surface area contributed by atoms with Crippen molar-refractivity contribution in [3.63, 3.8) is 0 Å². The van der Waals surface area contributed by atoms with Crippen molar-refractivity contribution in [2.45, 2.75) is 6.92 Å². The highest BCUT2D eigenvalue weighted by Crippen LogP contribution is 2.30. The highest BCUT2D eigenvalue weighted by Gasteiger charge is 2.12. The van der Waals surface area contributed by atoms with E-state index in [2.05, 4.69) is 22.2 Å². The van der Waals surface area contributed by atoms with Crippen LogP contribution >= 0.6 is 23.4 Å². The number of anilines is 1. The number of aromatic nitrogens is 2.